The molecule has 0 saturated heterocycles. The monoisotopic (exact) mass is 177 g/mol. The van der Waals surface area contributed by atoms with Crippen molar-refractivity contribution in [2.24, 2.45) is 5.73 Å². The van der Waals surface area contributed by atoms with Gasteiger partial charge in [0, 0.05) is 17.8 Å². The standard InChI is InChI=1S/C10H15N3/c11-7-10-12-6-5-9(13-10)8-3-1-2-4-8/h5-6,8H,1-4,7,11H2. The molecule has 0 amide bonds. The Morgan fingerprint density at radius 1 is 1.38 bits per heavy atom. The van der Waals surface area contributed by atoms with Gasteiger partial charge in [0.2, 0.25) is 0 Å². The van der Waals surface area contributed by atoms with E-state index in [0.29, 0.717) is 12.5 Å². The van der Waals surface area contributed by atoms with Crippen molar-refractivity contribution in [3.8, 4) is 0 Å². The average Bonchev–Trinajstić information content (AvgIpc) is 2.71. The fourth-order valence-corrected chi connectivity index (χ4v) is 1.96. The fourth-order valence-electron chi connectivity index (χ4n) is 1.96. The number of hydrogen-bond acceptors (Lipinski definition) is 3. The van der Waals surface area contributed by atoms with Crippen molar-refractivity contribution in [3.05, 3.63) is 23.8 Å². The first kappa shape index (κ1) is 8.63. The van der Waals surface area contributed by atoms with Crippen LogP contribution in [-0.4, -0.2) is 9.97 Å². The predicted molar refractivity (Wildman–Crippen MR) is 51.1 cm³/mol. The molecule has 1 fully saturated rings. The smallest absolute Gasteiger partial charge is 0.142 e. The van der Waals surface area contributed by atoms with E-state index >= 15 is 0 Å². The number of nitrogens with two attached hydrogens (primary N) is 1. The molecule has 1 saturated carbocycles. The van der Waals surface area contributed by atoms with Gasteiger partial charge in [-0.3, -0.25) is 0 Å². The Kier molecular flexibility index (Phi) is 2.54. The molecule has 1 heterocycles. The molecule has 13 heavy (non-hydrogen) atoms. The highest BCUT2D eigenvalue weighted by Crippen LogP contribution is 2.32. The highest BCUT2D eigenvalue weighted by molar-refractivity contribution is 5.09. The van der Waals surface area contributed by atoms with Gasteiger partial charge in [0.15, 0.2) is 0 Å². The summed E-state index contributed by atoms with van der Waals surface area (Å²) in [5.41, 5.74) is 6.68. The molecule has 70 valence electrons. The van der Waals surface area contributed by atoms with Crippen LogP contribution < -0.4 is 5.73 Å². The van der Waals surface area contributed by atoms with Crippen molar-refractivity contribution in [2.45, 2.75) is 38.1 Å². The number of nitrogens with zero attached hydrogens (tertiary/aromatic N) is 2. The van der Waals surface area contributed by atoms with Crippen molar-refractivity contribution in [1.29, 1.82) is 0 Å². The fraction of sp³-hybridized carbons (Fsp3) is 0.600. The number of aromatic nitrogens is 2. The zero-order valence-corrected chi connectivity index (χ0v) is 7.74. The summed E-state index contributed by atoms with van der Waals surface area (Å²) < 4.78 is 0. The lowest BCUT2D eigenvalue weighted by Crippen LogP contribution is -2.06. The lowest BCUT2D eigenvalue weighted by Gasteiger charge is -2.08. The zero-order valence-electron chi connectivity index (χ0n) is 7.74. The van der Waals surface area contributed by atoms with Gasteiger partial charge < -0.3 is 5.73 Å². The van der Waals surface area contributed by atoms with Gasteiger partial charge in [-0.2, -0.15) is 0 Å². The quantitative estimate of drug-likeness (QED) is 0.746. The first-order valence-corrected chi connectivity index (χ1v) is 4.92. The van der Waals surface area contributed by atoms with E-state index in [1.165, 1.54) is 31.4 Å². The SMILES string of the molecule is NCc1nccc(C2CCCC2)n1. The third kappa shape index (κ3) is 1.86. The van der Waals surface area contributed by atoms with Gasteiger partial charge in [-0.25, -0.2) is 9.97 Å². The second-order valence-corrected chi connectivity index (χ2v) is 3.58. The summed E-state index contributed by atoms with van der Waals surface area (Å²) in [5, 5.41) is 0. The Balaban J connectivity index is 2.18. The molecular weight excluding hydrogens is 162 g/mol. The lowest BCUT2D eigenvalue weighted by molar-refractivity contribution is 0.683. The van der Waals surface area contributed by atoms with Crippen LogP contribution in [0, 0.1) is 0 Å². The van der Waals surface area contributed by atoms with E-state index in [-0.39, 0.29) is 0 Å². The van der Waals surface area contributed by atoms with Crippen LogP contribution in [0.1, 0.15) is 43.1 Å². The van der Waals surface area contributed by atoms with Crippen LogP contribution in [0.3, 0.4) is 0 Å². The molecule has 2 N–H and O–H groups in total. The minimum Gasteiger partial charge on any atom is -0.324 e. The maximum atomic E-state index is 5.49. The lowest BCUT2D eigenvalue weighted by atomic mass is 10.0. The molecule has 0 atom stereocenters. The number of hydrogen-bond donors (Lipinski definition) is 1. The third-order valence-electron chi connectivity index (χ3n) is 2.68. The molecule has 1 aromatic rings. The Morgan fingerprint density at radius 2 is 2.15 bits per heavy atom. The first-order chi connectivity index (χ1) is 6.40. The van der Waals surface area contributed by atoms with Crippen LogP contribution in [0.25, 0.3) is 0 Å². The van der Waals surface area contributed by atoms with Crippen LogP contribution >= 0.6 is 0 Å². The maximum absolute atomic E-state index is 5.49. The summed E-state index contributed by atoms with van der Waals surface area (Å²) in [7, 11) is 0. The maximum Gasteiger partial charge on any atom is 0.142 e. The van der Waals surface area contributed by atoms with E-state index in [9.17, 15) is 0 Å². The molecule has 0 unspecified atom stereocenters. The minimum absolute atomic E-state index is 0.445. The molecule has 1 aromatic heterocycles. The van der Waals surface area contributed by atoms with Gasteiger partial charge in [0.05, 0.1) is 6.54 Å². The molecule has 0 aliphatic heterocycles. The molecule has 0 bridgehead atoms. The van der Waals surface area contributed by atoms with Crippen molar-refractivity contribution >= 4 is 0 Å². The summed E-state index contributed by atoms with van der Waals surface area (Å²) >= 11 is 0. The topological polar surface area (TPSA) is 51.8 Å². The van der Waals surface area contributed by atoms with Crippen molar-refractivity contribution in [1.82, 2.24) is 9.97 Å². The normalized spacial score (nSPS) is 17.9. The van der Waals surface area contributed by atoms with Crippen molar-refractivity contribution in [2.75, 3.05) is 0 Å². The largest absolute Gasteiger partial charge is 0.324 e. The van der Waals surface area contributed by atoms with Gasteiger partial charge in [0.25, 0.3) is 0 Å². The van der Waals surface area contributed by atoms with Crippen LogP contribution in [0.2, 0.25) is 0 Å². The van der Waals surface area contributed by atoms with Crippen molar-refractivity contribution in [3.63, 3.8) is 0 Å². The minimum atomic E-state index is 0.445. The van der Waals surface area contributed by atoms with Crippen LogP contribution in [0.4, 0.5) is 0 Å². The molecule has 0 spiro atoms. The van der Waals surface area contributed by atoms with Gasteiger partial charge in [-0.05, 0) is 18.9 Å². The molecule has 3 heteroatoms. The Labute approximate surface area is 78.4 Å². The van der Waals surface area contributed by atoms with E-state index in [1.54, 1.807) is 0 Å². The number of rotatable bonds is 2. The molecule has 3 nitrogen and oxygen atoms in total. The molecule has 0 aromatic carbocycles. The summed E-state index contributed by atoms with van der Waals surface area (Å²) in [6.07, 6.45) is 7.06. The average molecular weight is 177 g/mol. The molecule has 1 aliphatic rings. The third-order valence-corrected chi connectivity index (χ3v) is 2.68. The first-order valence-electron chi connectivity index (χ1n) is 4.92. The second-order valence-electron chi connectivity index (χ2n) is 3.58. The molecular formula is C10H15N3. The van der Waals surface area contributed by atoms with Gasteiger partial charge in [0.1, 0.15) is 5.82 Å². The Hall–Kier alpha value is -0.960. The predicted octanol–water partition coefficient (Wildman–Crippen LogP) is 1.59. The Morgan fingerprint density at radius 3 is 2.85 bits per heavy atom. The van der Waals surface area contributed by atoms with Gasteiger partial charge in [-0.1, -0.05) is 12.8 Å². The Bertz CT molecular complexity index is 279. The van der Waals surface area contributed by atoms with Crippen LogP contribution in [0.15, 0.2) is 12.3 Å². The second kappa shape index (κ2) is 3.83. The van der Waals surface area contributed by atoms with E-state index in [4.69, 9.17) is 5.73 Å². The van der Waals surface area contributed by atoms with E-state index in [2.05, 4.69) is 9.97 Å². The zero-order chi connectivity index (χ0) is 9.10. The summed E-state index contributed by atoms with van der Waals surface area (Å²) in [5.74, 6) is 1.43. The van der Waals surface area contributed by atoms with E-state index in [1.807, 2.05) is 12.3 Å². The highest BCUT2D eigenvalue weighted by atomic mass is 14.9. The molecule has 0 radical (unpaired) electrons. The summed E-state index contributed by atoms with van der Waals surface area (Å²) in [6.45, 7) is 0.445. The summed E-state index contributed by atoms with van der Waals surface area (Å²) in [4.78, 5) is 8.53. The highest BCUT2D eigenvalue weighted by Gasteiger charge is 2.18. The van der Waals surface area contributed by atoms with Crippen LogP contribution in [-0.2, 0) is 6.54 Å². The van der Waals surface area contributed by atoms with Crippen molar-refractivity contribution < 1.29 is 0 Å². The van der Waals surface area contributed by atoms with Crippen LogP contribution in [0.5, 0.6) is 0 Å². The van der Waals surface area contributed by atoms with Gasteiger partial charge in [-0.15, -0.1) is 0 Å². The molecule has 1 aliphatic carbocycles. The van der Waals surface area contributed by atoms with Gasteiger partial charge >= 0.3 is 0 Å². The summed E-state index contributed by atoms with van der Waals surface area (Å²) in [6, 6.07) is 2.02. The molecule has 2 rings (SSSR count). The van der Waals surface area contributed by atoms with E-state index in [0.717, 1.165) is 5.82 Å². The van der Waals surface area contributed by atoms with E-state index < -0.39 is 0 Å².